The monoisotopic (exact) mass is 238 g/mol. The number of carbonyl (C=O) groups is 1. The number of azide groups is 1. The minimum absolute atomic E-state index is 0.200. The van der Waals surface area contributed by atoms with E-state index in [4.69, 9.17) is 5.53 Å². The van der Waals surface area contributed by atoms with E-state index in [2.05, 4.69) is 15.3 Å². The summed E-state index contributed by atoms with van der Waals surface area (Å²) in [7, 11) is 0. The Morgan fingerprint density at radius 1 is 1.11 bits per heavy atom. The van der Waals surface area contributed by atoms with Crippen molar-refractivity contribution in [3.8, 4) is 0 Å². The van der Waals surface area contributed by atoms with Crippen molar-refractivity contribution >= 4 is 17.3 Å². The standard InChI is InChI=1S/C13H10N4O/c14-17-16-12-8-4-7-11(9-12)15-13(18)10-5-2-1-3-6-10/h1-9H,(H,15,18). The van der Waals surface area contributed by atoms with Gasteiger partial charge in [0.2, 0.25) is 0 Å². The molecule has 0 aromatic heterocycles. The quantitative estimate of drug-likeness (QED) is 0.491. The molecule has 5 nitrogen and oxygen atoms in total. The highest BCUT2D eigenvalue weighted by Crippen LogP contribution is 2.18. The summed E-state index contributed by atoms with van der Waals surface area (Å²) >= 11 is 0. The molecule has 18 heavy (non-hydrogen) atoms. The van der Waals surface area contributed by atoms with Crippen molar-refractivity contribution in [3.63, 3.8) is 0 Å². The molecule has 88 valence electrons. The molecular weight excluding hydrogens is 228 g/mol. The molecule has 0 unspecified atom stereocenters. The van der Waals surface area contributed by atoms with Crippen LogP contribution in [0, 0.1) is 0 Å². The summed E-state index contributed by atoms with van der Waals surface area (Å²) in [6, 6.07) is 15.6. The molecule has 2 rings (SSSR count). The first-order valence-corrected chi connectivity index (χ1v) is 5.31. The Balaban J connectivity index is 2.17. The lowest BCUT2D eigenvalue weighted by Crippen LogP contribution is -2.11. The molecule has 1 N–H and O–H groups in total. The summed E-state index contributed by atoms with van der Waals surface area (Å²) in [6.45, 7) is 0. The lowest BCUT2D eigenvalue weighted by molar-refractivity contribution is 0.102. The summed E-state index contributed by atoms with van der Waals surface area (Å²) in [5.74, 6) is -0.200. The van der Waals surface area contributed by atoms with Gasteiger partial charge in [-0.3, -0.25) is 4.79 Å². The van der Waals surface area contributed by atoms with E-state index in [1.807, 2.05) is 6.07 Å². The average Bonchev–Trinajstić information content (AvgIpc) is 2.40. The van der Waals surface area contributed by atoms with E-state index in [-0.39, 0.29) is 5.91 Å². The second kappa shape index (κ2) is 5.52. The molecule has 2 aromatic carbocycles. The molecule has 0 radical (unpaired) electrons. The number of nitrogens with one attached hydrogen (secondary N) is 1. The number of amides is 1. The van der Waals surface area contributed by atoms with Crippen LogP contribution in [0.4, 0.5) is 11.4 Å². The molecular formula is C13H10N4O. The summed E-state index contributed by atoms with van der Waals surface area (Å²) in [6.07, 6.45) is 0. The summed E-state index contributed by atoms with van der Waals surface area (Å²) in [5.41, 5.74) is 9.97. The van der Waals surface area contributed by atoms with Crippen LogP contribution < -0.4 is 5.32 Å². The molecule has 0 atom stereocenters. The normalized spacial score (nSPS) is 9.33. The number of anilines is 1. The highest BCUT2D eigenvalue weighted by Gasteiger charge is 2.04. The Morgan fingerprint density at radius 3 is 2.61 bits per heavy atom. The minimum Gasteiger partial charge on any atom is -0.322 e. The van der Waals surface area contributed by atoms with E-state index in [1.54, 1.807) is 48.5 Å². The highest BCUT2D eigenvalue weighted by molar-refractivity contribution is 6.04. The van der Waals surface area contributed by atoms with Crippen molar-refractivity contribution in [3.05, 3.63) is 70.6 Å². The number of rotatable bonds is 3. The van der Waals surface area contributed by atoms with Crippen molar-refractivity contribution in [1.82, 2.24) is 0 Å². The van der Waals surface area contributed by atoms with Gasteiger partial charge in [-0.05, 0) is 29.8 Å². The highest BCUT2D eigenvalue weighted by atomic mass is 16.1. The third-order valence-corrected chi connectivity index (χ3v) is 2.30. The van der Waals surface area contributed by atoms with Gasteiger partial charge in [0.15, 0.2) is 0 Å². The lowest BCUT2D eigenvalue weighted by atomic mass is 10.2. The second-order valence-corrected chi connectivity index (χ2v) is 3.56. The van der Waals surface area contributed by atoms with Crippen LogP contribution in [0.3, 0.4) is 0 Å². The van der Waals surface area contributed by atoms with Crippen molar-refractivity contribution < 1.29 is 4.79 Å². The zero-order valence-electron chi connectivity index (χ0n) is 9.45. The maximum absolute atomic E-state index is 11.9. The average molecular weight is 238 g/mol. The molecule has 0 bridgehead atoms. The third-order valence-electron chi connectivity index (χ3n) is 2.30. The largest absolute Gasteiger partial charge is 0.322 e. The fourth-order valence-corrected chi connectivity index (χ4v) is 1.49. The van der Waals surface area contributed by atoms with Gasteiger partial charge in [0.05, 0.1) is 0 Å². The van der Waals surface area contributed by atoms with E-state index in [1.165, 1.54) is 0 Å². The maximum Gasteiger partial charge on any atom is 0.255 e. The Bertz CT molecular complexity index is 603. The van der Waals surface area contributed by atoms with E-state index in [0.29, 0.717) is 16.9 Å². The van der Waals surface area contributed by atoms with Crippen LogP contribution in [0.15, 0.2) is 59.7 Å². The van der Waals surface area contributed by atoms with Gasteiger partial charge in [-0.2, -0.15) is 0 Å². The minimum atomic E-state index is -0.200. The van der Waals surface area contributed by atoms with Crippen molar-refractivity contribution in [2.24, 2.45) is 5.11 Å². The van der Waals surface area contributed by atoms with Gasteiger partial charge in [0.25, 0.3) is 5.91 Å². The molecule has 1 amide bonds. The fraction of sp³-hybridized carbons (Fsp3) is 0. The van der Waals surface area contributed by atoms with Crippen LogP contribution in [0.1, 0.15) is 10.4 Å². The first-order valence-electron chi connectivity index (χ1n) is 5.31. The van der Waals surface area contributed by atoms with Gasteiger partial charge in [0.1, 0.15) is 0 Å². The zero-order valence-corrected chi connectivity index (χ0v) is 9.45. The van der Waals surface area contributed by atoms with Gasteiger partial charge in [-0.1, -0.05) is 35.4 Å². The number of benzene rings is 2. The molecule has 0 spiro atoms. The molecule has 0 aliphatic rings. The van der Waals surface area contributed by atoms with E-state index >= 15 is 0 Å². The van der Waals surface area contributed by atoms with Crippen molar-refractivity contribution in [2.75, 3.05) is 5.32 Å². The van der Waals surface area contributed by atoms with Gasteiger partial charge >= 0.3 is 0 Å². The van der Waals surface area contributed by atoms with Gasteiger partial charge in [-0.15, -0.1) is 0 Å². The molecule has 0 heterocycles. The Labute approximate surface area is 104 Å². The molecule has 0 fully saturated rings. The number of hydrogen-bond acceptors (Lipinski definition) is 2. The lowest BCUT2D eigenvalue weighted by Gasteiger charge is -2.05. The molecule has 0 saturated carbocycles. The summed E-state index contributed by atoms with van der Waals surface area (Å²) < 4.78 is 0. The van der Waals surface area contributed by atoms with Gasteiger partial charge in [-0.25, -0.2) is 0 Å². The van der Waals surface area contributed by atoms with Gasteiger partial charge < -0.3 is 5.32 Å². The van der Waals surface area contributed by atoms with Crippen LogP contribution in [0.5, 0.6) is 0 Å². The molecule has 0 saturated heterocycles. The first-order chi connectivity index (χ1) is 8.79. The molecule has 0 aliphatic carbocycles. The molecule has 5 heteroatoms. The van der Waals surface area contributed by atoms with E-state index in [9.17, 15) is 4.79 Å². The van der Waals surface area contributed by atoms with Crippen LogP contribution in [0.2, 0.25) is 0 Å². The summed E-state index contributed by atoms with van der Waals surface area (Å²) in [4.78, 5) is 14.6. The summed E-state index contributed by atoms with van der Waals surface area (Å²) in [5, 5.41) is 6.21. The Morgan fingerprint density at radius 2 is 1.89 bits per heavy atom. The van der Waals surface area contributed by atoms with Crippen LogP contribution >= 0.6 is 0 Å². The topological polar surface area (TPSA) is 77.9 Å². The third kappa shape index (κ3) is 2.87. The Kier molecular flexibility index (Phi) is 3.59. The molecule has 2 aromatic rings. The van der Waals surface area contributed by atoms with E-state index in [0.717, 1.165) is 0 Å². The van der Waals surface area contributed by atoms with Crippen molar-refractivity contribution in [1.29, 1.82) is 0 Å². The van der Waals surface area contributed by atoms with Gasteiger partial charge in [0, 0.05) is 21.8 Å². The number of carbonyl (C=O) groups excluding carboxylic acids is 1. The number of hydrogen-bond donors (Lipinski definition) is 1. The maximum atomic E-state index is 11.9. The predicted molar refractivity (Wildman–Crippen MR) is 69.6 cm³/mol. The predicted octanol–water partition coefficient (Wildman–Crippen LogP) is 3.88. The Hall–Kier alpha value is -2.78. The smallest absolute Gasteiger partial charge is 0.255 e. The zero-order chi connectivity index (χ0) is 12.8. The van der Waals surface area contributed by atoms with Crippen LogP contribution in [-0.4, -0.2) is 5.91 Å². The fourth-order valence-electron chi connectivity index (χ4n) is 1.49. The van der Waals surface area contributed by atoms with Crippen LogP contribution in [-0.2, 0) is 0 Å². The van der Waals surface area contributed by atoms with E-state index < -0.39 is 0 Å². The molecule has 0 aliphatic heterocycles. The second-order valence-electron chi connectivity index (χ2n) is 3.56. The number of nitrogens with zero attached hydrogens (tertiary/aromatic N) is 3. The first kappa shape index (κ1) is 11.7. The SMILES string of the molecule is [N-]=[N+]=Nc1cccc(NC(=O)c2ccccc2)c1. The van der Waals surface area contributed by atoms with Crippen molar-refractivity contribution in [2.45, 2.75) is 0 Å². The van der Waals surface area contributed by atoms with Crippen LogP contribution in [0.25, 0.3) is 10.4 Å².